The molecule has 0 radical (unpaired) electrons. The Morgan fingerprint density at radius 2 is 1.76 bits per heavy atom. The number of rotatable bonds is 5. The molecule has 0 bridgehead atoms. The number of aliphatic hydroxyl groups is 1. The van der Waals surface area contributed by atoms with Gasteiger partial charge in [-0.25, -0.2) is 0 Å². The van der Waals surface area contributed by atoms with Gasteiger partial charge in [0.15, 0.2) is 0 Å². The second kappa shape index (κ2) is 13.0. The third-order valence-corrected chi connectivity index (χ3v) is 9.69. The second-order valence-corrected chi connectivity index (χ2v) is 13.0. The molecule has 0 saturated carbocycles. The summed E-state index contributed by atoms with van der Waals surface area (Å²) in [5.41, 5.74) is -0.245. The molecule has 10 nitrogen and oxygen atoms in total. The molecule has 4 aliphatic rings. The summed E-state index contributed by atoms with van der Waals surface area (Å²) in [6.07, 6.45) is 5.89. The first-order chi connectivity index (χ1) is 22.2. The number of nitrogens with zero attached hydrogens (tertiary/aromatic N) is 2. The van der Waals surface area contributed by atoms with E-state index in [1.165, 1.54) is 4.90 Å². The zero-order valence-electron chi connectivity index (χ0n) is 25.8. The van der Waals surface area contributed by atoms with E-state index in [0.29, 0.717) is 22.7 Å². The number of likely N-dealkylation sites (tertiary alicyclic amines) is 1. The summed E-state index contributed by atoms with van der Waals surface area (Å²) in [7, 11) is 0. The fraction of sp³-hybridized carbons (Fsp3) is 0.429. The van der Waals surface area contributed by atoms with Crippen molar-refractivity contribution in [3.8, 4) is 0 Å². The highest BCUT2D eigenvalue weighted by Gasteiger charge is 2.72. The Morgan fingerprint density at radius 3 is 2.46 bits per heavy atom. The molecule has 46 heavy (non-hydrogen) atoms. The fourth-order valence-corrected chi connectivity index (χ4v) is 7.30. The lowest BCUT2D eigenvalue weighted by molar-refractivity contribution is -0.160. The molecule has 6 rings (SSSR count). The van der Waals surface area contributed by atoms with Crippen LogP contribution in [0.4, 0.5) is 5.69 Å². The van der Waals surface area contributed by atoms with Crippen LogP contribution in [0.25, 0.3) is 0 Å². The van der Waals surface area contributed by atoms with E-state index in [0.717, 1.165) is 0 Å². The number of esters is 1. The molecule has 2 aromatic carbocycles. The van der Waals surface area contributed by atoms with E-state index in [9.17, 15) is 24.3 Å². The number of carbonyl (C=O) groups excluding carboxylic acids is 4. The number of allylic oxidation sites excluding steroid dienone is 1. The Bertz CT molecular complexity index is 1540. The number of aliphatic hydroxyl groups excluding tert-OH is 1. The van der Waals surface area contributed by atoms with Crippen LogP contribution in [0.3, 0.4) is 0 Å². The largest absolute Gasteiger partial charge is 0.455 e. The van der Waals surface area contributed by atoms with Crippen molar-refractivity contribution < 1.29 is 33.8 Å². The van der Waals surface area contributed by atoms with Crippen molar-refractivity contribution in [1.29, 1.82) is 0 Å². The van der Waals surface area contributed by atoms with Gasteiger partial charge in [0.25, 0.3) is 5.91 Å². The van der Waals surface area contributed by atoms with Gasteiger partial charge in [0.1, 0.15) is 23.7 Å². The fourth-order valence-electron chi connectivity index (χ4n) is 7.18. The molecular weight excluding hydrogens is 610 g/mol. The van der Waals surface area contributed by atoms with Gasteiger partial charge in [0, 0.05) is 23.7 Å². The first-order valence-electron chi connectivity index (χ1n) is 15.7. The zero-order chi connectivity index (χ0) is 32.6. The summed E-state index contributed by atoms with van der Waals surface area (Å²) in [5, 5.41) is 13.9. The van der Waals surface area contributed by atoms with Crippen LogP contribution in [-0.2, 0) is 28.7 Å². The van der Waals surface area contributed by atoms with E-state index in [1.807, 2.05) is 44.2 Å². The summed E-state index contributed by atoms with van der Waals surface area (Å²) in [6, 6.07) is 14.1. The lowest BCUT2D eigenvalue weighted by Gasteiger charge is -2.39. The van der Waals surface area contributed by atoms with Crippen LogP contribution in [-0.4, -0.2) is 77.2 Å². The Balaban J connectivity index is 1.46. The maximum absolute atomic E-state index is 14.7. The summed E-state index contributed by atoms with van der Waals surface area (Å²) >= 11 is 6.14. The van der Waals surface area contributed by atoms with Crippen molar-refractivity contribution in [3.05, 3.63) is 89.5 Å². The van der Waals surface area contributed by atoms with Crippen LogP contribution in [0.1, 0.15) is 38.4 Å². The Labute approximate surface area is 273 Å². The number of amides is 3. The number of nitrogens with one attached hydrogen (secondary N) is 1. The van der Waals surface area contributed by atoms with Gasteiger partial charge in [-0.15, -0.1) is 0 Å². The average molecular weight is 648 g/mol. The Kier molecular flexibility index (Phi) is 9.05. The first-order valence-corrected chi connectivity index (χ1v) is 16.1. The van der Waals surface area contributed by atoms with Crippen molar-refractivity contribution in [2.45, 2.75) is 56.6 Å². The van der Waals surface area contributed by atoms with Gasteiger partial charge >= 0.3 is 5.97 Å². The number of hydrogen-bond acceptors (Lipinski definition) is 7. The monoisotopic (exact) mass is 647 g/mol. The summed E-state index contributed by atoms with van der Waals surface area (Å²) in [4.78, 5) is 59.2. The van der Waals surface area contributed by atoms with Gasteiger partial charge in [-0.2, -0.15) is 0 Å². The van der Waals surface area contributed by atoms with Gasteiger partial charge in [0.05, 0.1) is 31.2 Å². The number of anilines is 1. The zero-order valence-corrected chi connectivity index (χ0v) is 26.5. The number of benzene rings is 2. The minimum absolute atomic E-state index is 0.0590. The van der Waals surface area contributed by atoms with Gasteiger partial charge in [-0.3, -0.25) is 19.2 Å². The van der Waals surface area contributed by atoms with Crippen LogP contribution in [0.15, 0.2) is 78.9 Å². The van der Waals surface area contributed by atoms with Crippen LogP contribution in [0.5, 0.6) is 0 Å². The number of carbonyl (C=O) groups is 4. The van der Waals surface area contributed by atoms with E-state index in [1.54, 1.807) is 53.5 Å². The van der Waals surface area contributed by atoms with Gasteiger partial charge in [-0.05, 0) is 42.2 Å². The van der Waals surface area contributed by atoms with E-state index >= 15 is 0 Å². The molecule has 2 aromatic rings. The number of cyclic esters (lactones) is 1. The van der Waals surface area contributed by atoms with Crippen molar-refractivity contribution in [1.82, 2.24) is 10.2 Å². The number of halogens is 1. The molecule has 11 heteroatoms. The maximum Gasteiger partial charge on any atom is 0.313 e. The summed E-state index contributed by atoms with van der Waals surface area (Å²) < 4.78 is 12.9. The average Bonchev–Trinajstić information content (AvgIpc) is 3.43. The smallest absolute Gasteiger partial charge is 0.313 e. The molecule has 2 N–H and O–H groups in total. The summed E-state index contributed by atoms with van der Waals surface area (Å²) in [6.45, 7) is 3.62. The van der Waals surface area contributed by atoms with Crippen LogP contribution < -0.4 is 10.2 Å². The third kappa shape index (κ3) is 5.63. The molecule has 1 spiro atoms. The van der Waals surface area contributed by atoms with Gasteiger partial charge in [-0.1, -0.05) is 80.1 Å². The normalized spacial score (nSPS) is 31.2. The highest BCUT2D eigenvalue weighted by Crippen LogP contribution is 2.54. The minimum atomic E-state index is -1.52. The predicted octanol–water partition coefficient (Wildman–Crippen LogP) is 3.59. The van der Waals surface area contributed by atoms with E-state index in [2.05, 4.69) is 5.32 Å². The molecule has 2 fully saturated rings. The predicted molar refractivity (Wildman–Crippen MR) is 171 cm³/mol. The van der Waals surface area contributed by atoms with E-state index < -0.39 is 59.5 Å². The molecule has 0 aromatic heterocycles. The maximum atomic E-state index is 14.7. The lowest BCUT2D eigenvalue weighted by atomic mass is 9.77. The van der Waals surface area contributed by atoms with Crippen molar-refractivity contribution in [2.24, 2.45) is 17.8 Å². The Hall–Kier alpha value is -3.99. The highest BCUT2D eigenvalue weighted by atomic mass is 35.5. The van der Waals surface area contributed by atoms with E-state index in [4.69, 9.17) is 21.1 Å². The molecule has 7 atom stereocenters. The SMILES string of the molecule is CC(C)[C@H](CO)N1C(=O)[C@H]2[C@@H]3C(=O)O[C@@H](c4ccccc4)CNC(=O)CC/C=C\[C@@H]3O[C@]23C=CCN(c2ccc(Cl)cc2)C(=O)[C@H]13. The molecule has 2 saturated heterocycles. The number of hydrogen-bond donors (Lipinski definition) is 2. The highest BCUT2D eigenvalue weighted by molar-refractivity contribution is 6.30. The molecule has 3 amide bonds. The molecular formula is C35H38ClN3O7. The van der Waals surface area contributed by atoms with Crippen LogP contribution >= 0.6 is 11.6 Å². The van der Waals surface area contributed by atoms with Crippen LogP contribution in [0, 0.1) is 17.8 Å². The number of fused-ring (bicyclic) bond motifs is 2. The molecule has 0 aliphatic carbocycles. The standard InChI is InChI=1S/C35H38ClN3O7/c1-21(2)25(20-40)39-31-33(43)38(24-15-13-23(36)14-16-24)18-8-17-35(31)30(32(39)42)29-26(46-35)11-6-7-12-28(41)37-19-27(45-34(29)44)22-9-4-3-5-10-22/h3-6,8-11,13-17,21,25-27,29-31,40H,7,12,18-20H2,1-2H3,(H,37,41)/b11-6-/t25-,26-,27+,29+,30+,31-,35+/m0/s1. The van der Waals surface area contributed by atoms with Crippen molar-refractivity contribution in [3.63, 3.8) is 0 Å². The quantitative estimate of drug-likeness (QED) is 0.375. The van der Waals surface area contributed by atoms with Gasteiger partial charge < -0.3 is 29.7 Å². The van der Waals surface area contributed by atoms with Crippen LogP contribution in [0.2, 0.25) is 5.02 Å². The third-order valence-electron chi connectivity index (χ3n) is 9.43. The lowest BCUT2D eigenvalue weighted by Crippen LogP contribution is -2.59. The topological polar surface area (TPSA) is 125 Å². The minimum Gasteiger partial charge on any atom is -0.455 e. The molecule has 4 aliphatic heterocycles. The molecule has 0 unspecified atom stereocenters. The van der Waals surface area contributed by atoms with E-state index in [-0.39, 0.29) is 37.9 Å². The van der Waals surface area contributed by atoms with Gasteiger partial charge in [0.2, 0.25) is 11.8 Å². The number of ether oxygens (including phenoxy) is 2. The van der Waals surface area contributed by atoms with Crippen molar-refractivity contribution in [2.75, 3.05) is 24.6 Å². The second-order valence-electron chi connectivity index (χ2n) is 12.5. The van der Waals surface area contributed by atoms with Crippen molar-refractivity contribution >= 4 is 41.0 Å². The molecule has 4 heterocycles. The molecule has 242 valence electrons. The summed E-state index contributed by atoms with van der Waals surface area (Å²) in [5.74, 6) is -4.11. The first kappa shape index (κ1) is 32.0. The Morgan fingerprint density at radius 1 is 1.02 bits per heavy atom.